The molecule has 25 heavy (non-hydrogen) atoms. The van der Waals surface area contributed by atoms with Crippen LogP contribution < -0.4 is 0 Å². The smallest absolute Gasteiger partial charge is 0.288 e. The molecule has 0 N–H and O–H groups in total. The first-order valence-electron chi connectivity index (χ1n) is 8.04. The van der Waals surface area contributed by atoms with Crippen LogP contribution in [0.4, 0.5) is 5.69 Å². The molecule has 0 aliphatic carbocycles. The van der Waals surface area contributed by atoms with Crippen molar-refractivity contribution in [3.8, 4) is 0 Å². The van der Waals surface area contributed by atoms with Gasteiger partial charge in [0.1, 0.15) is 5.02 Å². The highest BCUT2D eigenvalue weighted by atomic mass is 35.5. The van der Waals surface area contributed by atoms with Crippen LogP contribution in [0, 0.1) is 10.1 Å². The summed E-state index contributed by atoms with van der Waals surface area (Å²) in [6.45, 7) is 0.712. The average molecular weight is 357 g/mol. The van der Waals surface area contributed by atoms with Gasteiger partial charge in [-0.3, -0.25) is 14.9 Å². The lowest BCUT2D eigenvalue weighted by molar-refractivity contribution is -0.384. The summed E-state index contributed by atoms with van der Waals surface area (Å²) in [4.78, 5) is 24.8. The van der Waals surface area contributed by atoms with E-state index in [9.17, 15) is 14.9 Å². The van der Waals surface area contributed by atoms with Crippen molar-refractivity contribution in [3.63, 3.8) is 0 Å². The summed E-state index contributed by atoms with van der Waals surface area (Å²) in [5, 5.41) is 11.0. The number of nitro benzene ring substituents is 1. The highest BCUT2D eigenvalue weighted by Gasteiger charge is 2.28. The standard InChI is InChI=1S/C19H17ClN2O3/c20-16-10-8-14(13-18(16)22(24)25)9-11-19(23)21-12-4-7-17(21)15-5-2-1-3-6-15/h1-3,5-6,8-11,13,17H,4,7,12H2/b11-9+/t17-/m1/s1. The Balaban J connectivity index is 1.76. The number of likely N-dealkylation sites (tertiary alicyclic amines) is 1. The molecule has 1 saturated heterocycles. The monoisotopic (exact) mass is 356 g/mol. The van der Waals surface area contributed by atoms with E-state index in [-0.39, 0.29) is 22.7 Å². The summed E-state index contributed by atoms with van der Waals surface area (Å²) in [5.74, 6) is -0.0936. The molecule has 1 aliphatic rings. The van der Waals surface area contributed by atoms with E-state index in [1.165, 1.54) is 18.2 Å². The van der Waals surface area contributed by atoms with Gasteiger partial charge in [0, 0.05) is 18.7 Å². The van der Waals surface area contributed by atoms with E-state index in [2.05, 4.69) is 0 Å². The van der Waals surface area contributed by atoms with Crippen LogP contribution in [0.25, 0.3) is 6.08 Å². The van der Waals surface area contributed by atoms with Crippen LogP contribution in [0.3, 0.4) is 0 Å². The lowest BCUT2D eigenvalue weighted by Crippen LogP contribution is -2.28. The molecule has 0 saturated carbocycles. The Morgan fingerprint density at radius 1 is 1.24 bits per heavy atom. The van der Waals surface area contributed by atoms with Gasteiger partial charge in [-0.1, -0.05) is 48.0 Å². The Kier molecular flexibility index (Phi) is 5.14. The molecule has 3 rings (SSSR count). The van der Waals surface area contributed by atoms with Crippen molar-refractivity contribution in [3.05, 3.63) is 80.9 Å². The zero-order chi connectivity index (χ0) is 17.8. The molecule has 0 spiro atoms. The van der Waals surface area contributed by atoms with E-state index in [1.807, 2.05) is 35.2 Å². The Bertz CT molecular complexity index is 821. The second-order valence-electron chi connectivity index (χ2n) is 5.90. The second kappa shape index (κ2) is 7.49. The molecule has 1 fully saturated rings. The van der Waals surface area contributed by atoms with Gasteiger partial charge in [-0.25, -0.2) is 0 Å². The molecule has 2 aromatic carbocycles. The van der Waals surface area contributed by atoms with Gasteiger partial charge in [0.05, 0.1) is 11.0 Å². The van der Waals surface area contributed by atoms with Crippen LogP contribution in [0.15, 0.2) is 54.6 Å². The largest absolute Gasteiger partial charge is 0.332 e. The average Bonchev–Trinajstić information content (AvgIpc) is 3.11. The summed E-state index contributed by atoms with van der Waals surface area (Å²) in [7, 11) is 0. The van der Waals surface area contributed by atoms with E-state index in [0.717, 1.165) is 18.4 Å². The number of carbonyl (C=O) groups is 1. The molecule has 0 unspecified atom stereocenters. The van der Waals surface area contributed by atoms with Gasteiger partial charge in [-0.2, -0.15) is 0 Å². The molecule has 1 atom stereocenters. The third-order valence-electron chi connectivity index (χ3n) is 4.31. The molecule has 2 aromatic rings. The number of hydrogen-bond donors (Lipinski definition) is 0. The van der Waals surface area contributed by atoms with Crippen LogP contribution in [-0.2, 0) is 4.79 Å². The van der Waals surface area contributed by atoms with Crippen LogP contribution in [0.5, 0.6) is 0 Å². The van der Waals surface area contributed by atoms with Crippen LogP contribution in [0.2, 0.25) is 5.02 Å². The van der Waals surface area contributed by atoms with Gasteiger partial charge in [-0.15, -0.1) is 0 Å². The third kappa shape index (κ3) is 3.88. The highest BCUT2D eigenvalue weighted by Crippen LogP contribution is 2.32. The molecule has 5 nitrogen and oxygen atoms in total. The fourth-order valence-corrected chi connectivity index (χ4v) is 3.28. The first-order valence-corrected chi connectivity index (χ1v) is 8.41. The summed E-state index contributed by atoms with van der Waals surface area (Å²) in [6, 6.07) is 14.5. The first-order chi connectivity index (χ1) is 12.1. The van der Waals surface area contributed by atoms with Gasteiger partial charge in [0.25, 0.3) is 5.69 Å². The van der Waals surface area contributed by atoms with E-state index < -0.39 is 4.92 Å². The van der Waals surface area contributed by atoms with Crippen LogP contribution >= 0.6 is 11.6 Å². The van der Waals surface area contributed by atoms with E-state index in [4.69, 9.17) is 11.6 Å². The maximum atomic E-state index is 12.6. The fraction of sp³-hybridized carbons (Fsp3) is 0.211. The minimum atomic E-state index is -0.534. The molecule has 1 heterocycles. The topological polar surface area (TPSA) is 63.4 Å². The van der Waals surface area contributed by atoms with Gasteiger partial charge in [0.2, 0.25) is 5.91 Å². The number of hydrogen-bond acceptors (Lipinski definition) is 3. The maximum Gasteiger partial charge on any atom is 0.288 e. The number of benzene rings is 2. The maximum absolute atomic E-state index is 12.6. The lowest BCUT2D eigenvalue weighted by atomic mass is 10.0. The molecule has 128 valence electrons. The summed E-state index contributed by atoms with van der Waals surface area (Å²) >= 11 is 5.80. The van der Waals surface area contributed by atoms with E-state index >= 15 is 0 Å². The third-order valence-corrected chi connectivity index (χ3v) is 4.63. The van der Waals surface area contributed by atoms with Crippen molar-refractivity contribution in [1.29, 1.82) is 0 Å². The SMILES string of the molecule is O=C(/C=C/c1ccc(Cl)c([N+](=O)[O-])c1)N1CCC[C@@H]1c1ccccc1. The minimum Gasteiger partial charge on any atom is -0.332 e. The Morgan fingerprint density at radius 2 is 2.00 bits per heavy atom. The molecular formula is C19H17ClN2O3. The Morgan fingerprint density at radius 3 is 2.72 bits per heavy atom. The fourth-order valence-electron chi connectivity index (χ4n) is 3.09. The highest BCUT2D eigenvalue weighted by molar-refractivity contribution is 6.32. The summed E-state index contributed by atoms with van der Waals surface area (Å²) in [5.41, 5.74) is 1.53. The predicted octanol–water partition coefficient (Wildman–Crippen LogP) is 4.63. The van der Waals surface area contributed by atoms with Crippen LogP contribution in [0.1, 0.15) is 30.0 Å². The molecule has 1 amide bonds. The van der Waals surface area contributed by atoms with Crippen molar-refractivity contribution in [2.45, 2.75) is 18.9 Å². The lowest BCUT2D eigenvalue weighted by Gasteiger charge is -2.23. The second-order valence-corrected chi connectivity index (χ2v) is 6.31. The number of carbonyl (C=O) groups excluding carboxylic acids is 1. The zero-order valence-electron chi connectivity index (χ0n) is 13.5. The normalized spacial score (nSPS) is 17.2. The molecular weight excluding hydrogens is 340 g/mol. The number of halogens is 1. The van der Waals surface area contributed by atoms with Crippen LogP contribution in [-0.4, -0.2) is 22.3 Å². The van der Waals surface area contributed by atoms with Gasteiger partial charge < -0.3 is 4.90 Å². The van der Waals surface area contributed by atoms with Gasteiger partial charge >= 0.3 is 0 Å². The Hall–Kier alpha value is -2.66. The minimum absolute atomic E-state index is 0.0807. The predicted molar refractivity (Wildman–Crippen MR) is 97.3 cm³/mol. The summed E-state index contributed by atoms with van der Waals surface area (Å²) in [6.07, 6.45) is 4.96. The number of rotatable bonds is 4. The number of nitrogens with zero attached hydrogens (tertiary/aromatic N) is 2. The van der Waals surface area contributed by atoms with Crippen molar-refractivity contribution in [2.75, 3.05) is 6.54 Å². The first kappa shape index (κ1) is 17.2. The van der Waals surface area contributed by atoms with E-state index in [1.54, 1.807) is 12.1 Å². The Labute approximate surface area is 150 Å². The number of nitro groups is 1. The van der Waals surface area contributed by atoms with Gasteiger partial charge in [0.15, 0.2) is 0 Å². The zero-order valence-corrected chi connectivity index (χ0v) is 14.2. The molecule has 0 radical (unpaired) electrons. The van der Waals surface area contributed by atoms with Crippen molar-refractivity contribution < 1.29 is 9.72 Å². The molecule has 0 bridgehead atoms. The molecule has 0 aromatic heterocycles. The van der Waals surface area contributed by atoms with Crippen molar-refractivity contribution >= 4 is 29.3 Å². The van der Waals surface area contributed by atoms with Crippen molar-refractivity contribution in [2.24, 2.45) is 0 Å². The quantitative estimate of drug-likeness (QED) is 0.456. The molecule has 1 aliphatic heterocycles. The van der Waals surface area contributed by atoms with Gasteiger partial charge in [-0.05, 0) is 36.1 Å². The molecule has 6 heteroatoms. The number of amides is 1. The summed E-state index contributed by atoms with van der Waals surface area (Å²) < 4.78 is 0. The van der Waals surface area contributed by atoms with Crippen molar-refractivity contribution in [1.82, 2.24) is 4.90 Å². The van der Waals surface area contributed by atoms with E-state index in [0.29, 0.717) is 12.1 Å².